The van der Waals surface area contributed by atoms with Crippen LogP contribution in [-0.2, 0) is 11.3 Å². The number of amides is 1. The minimum absolute atomic E-state index is 0.120. The number of hydrogen-bond donors (Lipinski definition) is 1. The predicted molar refractivity (Wildman–Crippen MR) is 98.5 cm³/mol. The van der Waals surface area contributed by atoms with Gasteiger partial charge in [0.1, 0.15) is 5.75 Å². The summed E-state index contributed by atoms with van der Waals surface area (Å²) in [6.07, 6.45) is 0. The average molecular weight is 384 g/mol. The highest BCUT2D eigenvalue weighted by atomic mass is 35.5. The maximum Gasteiger partial charge on any atom is 0.271 e. The number of hydrogen-bond acceptors (Lipinski definition) is 6. The predicted octanol–water partition coefficient (Wildman–Crippen LogP) is 3.78. The van der Waals surface area contributed by atoms with Crippen LogP contribution in [0.25, 0.3) is 0 Å². The molecule has 0 aliphatic carbocycles. The first-order valence-electron chi connectivity index (χ1n) is 7.39. The van der Waals surface area contributed by atoms with Crippen LogP contribution in [0.4, 0.5) is 11.4 Å². The molecule has 0 aliphatic rings. The molecule has 0 bridgehead atoms. The molecule has 1 aromatic carbocycles. The molecule has 0 saturated carbocycles. The van der Waals surface area contributed by atoms with E-state index >= 15 is 0 Å². The highest BCUT2D eigenvalue weighted by molar-refractivity contribution is 7.16. The molecule has 2 aromatic rings. The molecule has 134 valence electrons. The Balaban J connectivity index is 2.09. The highest BCUT2D eigenvalue weighted by Gasteiger charge is 2.21. The van der Waals surface area contributed by atoms with Crippen LogP contribution >= 0.6 is 22.9 Å². The molecule has 1 N–H and O–H groups in total. The number of carbonyl (C=O) groups excluding carboxylic acids is 1. The van der Waals surface area contributed by atoms with Crippen molar-refractivity contribution in [1.29, 1.82) is 0 Å². The number of carbonyl (C=O) groups is 1. The van der Waals surface area contributed by atoms with Crippen LogP contribution in [0.3, 0.4) is 0 Å². The Hall–Kier alpha value is -2.16. The maximum atomic E-state index is 12.5. The van der Waals surface area contributed by atoms with Crippen LogP contribution < -0.4 is 10.1 Å². The van der Waals surface area contributed by atoms with Gasteiger partial charge in [-0.2, -0.15) is 0 Å². The molecule has 7 nitrogen and oxygen atoms in total. The third-order valence-corrected chi connectivity index (χ3v) is 4.94. The number of ether oxygens (including phenoxy) is 1. The summed E-state index contributed by atoms with van der Waals surface area (Å²) in [5.74, 6) is 0.0720. The average Bonchev–Trinajstić information content (AvgIpc) is 2.98. The van der Waals surface area contributed by atoms with Crippen molar-refractivity contribution in [3.63, 3.8) is 0 Å². The van der Waals surface area contributed by atoms with Crippen LogP contribution in [0, 0.1) is 10.1 Å². The summed E-state index contributed by atoms with van der Waals surface area (Å²) in [4.78, 5) is 25.8. The summed E-state index contributed by atoms with van der Waals surface area (Å²) in [7, 11) is 3.26. The monoisotopic (exact) mass is 383 g/mol. The van der Waals surface area contributed by atoms with E-state index in [0.717, 1.165) is 4.88 Å². The quantitative estimate of drug-likeness (QED) is 0.581. The molecule has 1 atom stereocenters. The van der Waals surface area contributed by atoms with Crippen molar-refractivity contribution in [2.45, 2.75) is 19.5 Å². The minimum Gasteiger partial charge on any atom is -0.495 e. The number of rotatable bonds is 7. The van der Waals surface area contributed by atoms with Crippen molar-refractivity contribution >= 4 is 40.2 Å². The van der Waals surface area contributed by atoms with Gasteiger partial charge in [0.15, 0.2) is 0 Å². The first-order valence-corrected chi connectivity index (χ1v) is 8.59. The zero-order valence-electron chi connectivity index (χ0n) is 14.0. The topological polar surface area (TPSA) is 84.7 Å². The lowest BCUT2D eigenvalue weighted by Crippen LogP contribution is -2.39. The second-order valence-corrected chi connectivity index (χ2v) is 7.23. The Morgan fingerprint density at radius 2 is 2.16 bits per heavy atom. The number of nitro benzene ring substituents is 1. The van der Waals surface area contributed by atoms with Gasteiger partial charge in [0.05, 0.1) is 28.1 Å². The van der Waals surface area contributed by atoms with Crippen molar-refractivity contribution in [2.75, 3.05) is 19.5 Å². The van der Waals surface area contributed by atoms with Crippen molar-refractivity contribution < 1.29 is 14.5 Å². The molecule has 0 aliphatic heterocycles. The van der Waals surface area contributed by atoms with E-state index in [9.17, 15) is 14.9 Å². The molecule has 0 saturated heterocycles. The normalized spacial score (nSPS) is 12.0. The smallest absolute Gasteiger partial charge is 0.271 e. The van der Waals surface area contributed by atoms with E-state index in [1.165, 1.54) is 36.6 Å². The van der Waals surface area contributed by atoms with Gasteiger partial charge in [0.2, 0.25) is 5.91 Å². The zero-order chi connectivity index (χ0) is 18.6. The van der Waals surface area contributed by atoms with Gasteiger partial charge in [-0.25, -0.2) is 0 Å². The summed E-state index contributed by atoms with van der Waals surface area (Å²) < 4.78 is 5.85. The fourth-order valence-electron chi connectivity index (χ4n) is 2.16. The molecule has 25 heavy (non-hydrogen) atoms. The largest absolute Gasteiger partial charge is 0.495 e. The minimum atomic E-state index is -0.523. The van der Waals surface area contributed by atoms with Gasteiger partial charge in [-0.15, -0.1) is 11.3 Å². The van der Waals surface area contributed by atoms with Gasteiger partial charge in [-0.05, 0) is 32.2 Å². The molecule has 9 heteroatoms. The molecule has 1 heterocycles. The molecule has 0 radical (unpaired) electrons. The molecule has 1 amide bonds. The van der Waals surface area contributed by atoms with Gasteiger partial charge >= 0.3 is 0 Å². The number of nitrogens with zero attached hydrogens (tertiary/aromatic N) is 2. The van der Waals surface area contributed by atoms with E-state index in [-0.39, 0.29) is 17.3 Å². The van der Waals surface area contributed by atoms with Crippen molar-refractivity contribution in [1.82, 2.24) is 4.90 Å². The van der Waals surface area contributed by atoms with E-state index in [4.69, 9.17) is 16.3 Å². The first-order chi connectivity index (χ1) is 11.8. The van der Waals surface area contributed by atoms with Gasteiger partial charge in [0.25, 0.3) is 5.69 Å². The zero-order valence-corrected chi connectivity index (χ0v) is 15.6. The van der Waals surface area contributed by atoms with Crippen molar-refractivity contribution in [2.24, 2.45) is 0 Å². The highest BCUT2D eigenvalue weighted by Crippen LogP contribution is 2.29. The van der Waals surface area contributed by atoms with Crippen LogP contribution in [-0.4, -0.2) is 35.9 Å². The number of non-ortho nitro benzene ring substituents is 1. The van der Waals surface area contributed by atoms with Gasteiger partial charge < -0.3 is 10.1 Å². The van der Waals surface area contributed by atoms with Crippen LogP contribution in [0.5, 0.6) is 5.75 Å². The van der Waals surface area contributed by atoms with Crippen molar-refractivity contribution in [3.8, 4) is 5.75 Å². The Labute approximate surface area is 154 Å². The molecule has 1 unspecified atom stereocenters. The molecule has 0 spiro atoms. The molecule has 1 aromatic heterocycles. The van der Waals surface area contributed by atoms with E-state index in [0.29, 0.717) is 16.6 Å². The number of benzene rings is 1. The second-order valence-electron chi connectivity index (χ2n) is 5.43. The Morgan fingerprint density at radius 1 is 1.44 bits per heavy atom. The van der Waals surface area contributed by atoms with E-state index < -0.39 is 11.0 Å². The molecule has 0 fully saturated rings. The van der Waals surface area contributed by atoms with Gasteiger partial charge in [-0.3, -0.25) is 19.8 Å². The summed E-state index contributed by atoms with van der Waals surface area (Å²) in [5.41, 5.74) is 0.145. The van der Waals surface area contributed by atoms with E-state index in [1.807, 2.05) is 24.1 Å². The molecule has 2 rings (SSSR count). The number of halogens is 1. The number of anilines is 1. The van der Waals surface area contributed by atoms with Crippen LogP contribution in [0.1, 0.15) is 11.8 Å². The standard InChI is InChI=1S/C16H18ClN3O4S/c1-10(19(2)9-12-5-7-15(17)25-12)16(21)18-13-8-11(20(22)23)4-6-14(13)24-3/h4-8,10H,9H2,1-3H3,(H,18,21). The van der Waals surface area contributed by atoms with E-state index in [1.54, 1.807) is 6.92 Å². The fraction of sp³-hybridized carbons (Fsp3) is 0.312. The van der Waals surface area contributed by atoms with Gasteiger partial charge in [0, 0.05) is 23.6 Å². The lowest BCUT2D eigenvalue weighted by Gasteiger charge is -2.23. The van der Waals surface area contributed by atoms with Crippen molar-refractivity contribution in [3.05, 3.63) is 49.7 Å². The Kier molecular flexibility index (Phi) is 6.35. The third-order valence-electron chi connectivity index (χ3n) is 3.73. The van der Waals surface area contributed by atoms with Crippen LogP contribution in [0.15, 0.2) is 30.3 Å². The fourth-order valence-corrected chi connectivity index (χ4v) is 3.32. The molecular weight excluding hydrogens is 366 g/mol. The summed E-state index contributed by atoms with van der Waals surface area (Å²) >= 11 is 7.38. The number of thiophene rings is 1. The Morgan fingerprint density at radius 3 is 2.72 bits per heavy atom. The summed E-state index contributed by atoms with van der Waals surface area (Å²) in [5, 5.41) is 13.6. The summed E-state index contributed by atoms with van der Waals surface area (Å²) in [6, 6.07) is 7.33. The molecular formula is C16H18ClN3O4S. The number of nitro groups is 1. The summed E-state index contributed by atoms with van der Waals surface area (Å²) in [6.45, 7) is 2.33. The van der Waals surface area contributed by atoms with Crippen LogP contribution in [0.2, 0.25) is 4.34 Å². The SMILES string of the molecule is COc1ccc([N+](=O)[O-])cc1NC(=O)C(C)N(C)Cc1ccc(Cl)s1. The number of likely N-dealkylation sites (N-methyl/N-ethyl adjacent to an activating group) is 1. The second kappa shape index (κ2) is 8.28. The lowest BCUT2D eigenvalue weighted by atomic mass is 10.2. The third kappa shape index (κ3) is 4.91. The lowest BCUT2D eigenvalue weighted by molar-refractivity contribution is -0.384. The first kappa shape index (κ1) is 19.2. The Bertz CT molecular complexity index is 780. The van der Waals surface area contributed by atoms with E-state index in [2.05, 4.69) is 5.32 Å². The maximum absolute atomic E-state index is 12.5. The number of methoxy groups -OCH3 is 1. The number of nitrogens with one attached hydrogen (secondary N) is 1. The van der Waals surface area contributed by atoms with Gasteiger partial charge in [-0.1, -0.05) is 11.6 Å².